The molecule has 8 nitrogen and oxygen atoms in total. The van der Waals surface area contributed by atoms with E-state index in [1.54, 1.807) is 18.2 Å². The first kappa shape index (κ1) is 21.5. The fourth-order valence-electron chi connectivity index (χ4n) is 3.26. The van der Waals surface area contributed by atoms with Crippen LogP contribution in [-0.4, -0.2) is 27.3 Å². The molecular weight excluding hydrogens is 460 g/mol. The summed E-state index contributed by atoms with van der Waals surface area (Å²) in [7, 11) is 0. The number of benzene rings is 2. The van der Waals surface area contributed by atoms with Crippen molar-refractivity contribution in [3.8, 4) is 11.5 Å². The molecule has 10 heteroatoms. The van der Waals surface area contributed by atoms with Gasteiger partial charge in [0.05, 0.1) is 11.4 Å². The van der Waals surface area contributed by atoms with E-state index >= 15 is 0 Å². The summed E-state index contributed by atoms with van der Waals surface area (Å²) >= 11 is 2.93. The molecule has 0 saturated carbocycles. The minimum absolute atomic E-state index is 0.156. The molecular formula is C23H20N4O4S2. The van der Waals surface area contributed by atoms with Gasteiger partial charge in [0.15, 0.2) is 11.5 Å². The monoisotopic (exact) mass is 480 g/mol. The number of rotatable bonds is 6. The molecule has 4 aromatic rings. The number of ether oxygens (including phenoxy) is 2. The molecule has 2 aromatic heterocycles. The molecule has 33 heavy (non-hydrogen) atoms. The van der Waals surface area contributed by atoms with Crippen LogP contribution in [0, 0.1) is 0 Å². The summed E-state index contributed by atoms with van der Waals surface area (Å²) in [6, 6.07) is 14.1. The summed E-state index contributed by atoms with van der Waals surface area (Å²) in [5, 5.41) is 8.19. The van der Waals surface area contributed by atoms with Crippen LogP contribution >= 0.6 is 23.1 Å². The van der Waals surface area contributed by atoms with E-state index in [2.05, 4.69) is 15.4 Å². The van der Waals surface area contributed by atoms with Crippen LogP contribution in [0.4, 0.5) is 5.69 Å². The van der Waals surface area contributed by atoms with Gasteiger partial charge in [0.1, 0.15) is 5.01 Å². The molecule has 0 atom stereocenters. The number of fused-ring (bicyclic) bond motifs is 2. The Balaban J connectivity index is 1.33. The molecule has 0 spiro atoms. The molecule has 168 valence electrons. The fourth-order valence-corrected chi connectivity index (χ4v) is 5.08. The SMILES string of the molecule is CC(C)c1nn2c(=O)cc(CSc3ccccc3NC(=O)c3ccc4c(c3)OCO4)nc2s1. The van der Waals surface area contributed by atoms with Gasteiger partial charge in [-0.05, 0) is 30.3 Å². The average Bonchev–Trinajstić information content (AvgIpc) is 3.45. The number of para-hydroxylation sites is 1. The van der Waals surface area contributed by atoms with Gasteiger partial charge in [-0.25, -0.2) is 4.98 Å². The van der Waals surface area contributed by atoms with Gasteiger partial charge < -0.3 is 14.8 Å². The largest absolute Gasteiger partial charge is 0.454 e. The van der Waals surface area contributed by atoms with Gasteiger partial charge in [-0.2, -0.15) is 9.61 Å². The van der Waals surface area contributed by atoms with E-state index in [0.717, 1.165) is 9.90 Å². The zero-order chi connectivity index (χ0) is 22.9. The van der Waals surface area contributed by atoms with Crippen LogP contribution < -0.4 is 20.3 Å². The molecule has 0 aliphatic carbocycles. The molecule has 0 unspecified atom stereocenters. The first-order valence-electron chi connectivity index (χ1n) is 10.3. The smallest absolute Gasteiger partial charge is 0.275 e. The molecule has 0 saturated heterocycles. The highest BCUT2D eigenvalue weighted by molar-refractivity contribution is 7.98. The van der Waals surface area contributed by atoms with Crippen molar-refractivity contribution in [3.05, 3.63) is 75.1 Å². The van der Waals surface area contributed by atoms with Gasteiger partial charge in [0.2, 0.25) is 11.8 Å². The minimum Gasteiger partial charge on any atom is -0.454 e. The van der Waals surface area contributed by atoms with Crippen LogP contribution in [-0.2, 0) is 5.75 Å². The Labute approximate surface area is 197 Å². The third-order valence-electron chi connectivity index (χ3n) is 4.95. The number of carbonyl (C=O) groups is 1. The third kappa shape index (κ3) is 4.44. The maximum atomic E-state index is 12.8. The lowest BCUT2D eigenvalue weighted by atomic mass is 10.2. The van der Waals surface area contributed by atoms with E-state index in [1.165, 1.54) is 33.7 Å². The van der Waals surface area contributed by atoms with Crippen LogP contribution in [0.15, 0.2) is 58.2 Å². The first-order chi connectivity index (χ1) is 16.0. The molecule has 1 aliphatic heterocycles. The number of anilines is 1. The predicted molar refractivity (Wildman–Crippen MR) is 128 cm³/mol. The fraction of sp³-hybridized carbons (Fsp3) is 0.217. The highest BCUT2D eigenvalue weighted by atomic mass is 32.2. The van der Waals surface area contributed by atoms with Crippen molar-refractivity contribution in [3.63, 3.8) is 0 Å². The number of hydrogen-bond donors (Lipinski definition) is 1. The lowest BCUT2D eigenvalue weighted by Crippen LogP contribution is -2.15. The molecule has 0 fully saturated rings. The van der Waals surface area contributed by atoms with E-state index in [0.29, 0.717) is 39.2 Å². The van der Waals surface area contributed by atoms with Gasteiger partial charge in [-0.15, -0.1) is 11.8 Å². The second-order valence-corrected chi connectivity index (χ2v) is 9.69. The summed E-state index contributed by atoms with van der Waals surface area (Å²) in [4.78, 5) is 31.4. The number of nitrogens with zero attached hydrogens (tertiary/aromatic N) is 3. The number of hydrogen-bond acceptors (Lipinski definition) is 8. The number of nitrogens with one attached hydrogen (secondary N) is 1. The molecule has 2 aromatic carbocycles. The van der Waals surface area contributed by atoms with E-state index in [-0.39, 0.29) is 24.2 Å². The van der Waals surface area contributed by atoms with Crippen molar-refractivity contribution >= 4 is 39.7 Å². The Morgan fingerprint density at radius 2 is 2.00 bits per heavy atom. The maximum Gasteiger partial charge on any atom is 0.275 e. The number of aromatic nitrogens is 3. The topological polar surface area (TPSA) is 94.8 Å². The Kier molecular flexibility index (Phi) is 5.77. The highest BCUT2D eigenvalue weighted by Gasteiger charge is 2.17. The molecule has 0 bridgehead atoms. The van der Waals surface area contributed by atoms with Gasteiger partial charge in [0.25, 0.3) is 11.5 Å². The van der Waals surface area contributed by atoms with Crippen molar-refractivity contribution in [2.75, 3.05) is 12.1 Å². The normalized spacial score (nSPS) is 12.5. The summed E-state index contributed by atoms with van der Waals surface area (Å²) < 4.78 is 12.0. The van der Waals surface area contributed by atoms with Crippen molar-refractivity contribution in [2.24, 2.45) is 0 Å². The quantitative estimate of drug-likeness (QED) is 0.405. The predicted octanol–water partition coefficient (Wildman–Crippen LogP) is 4.55. The molecule has 1 amide bonds. The molecule has 5 rings (SSSR count). The minimum atomic E-state index is -0.245. The lowest BCUT2D eigenvalue weighted by Gasteiger charge is -2.11. The van der Waals surface area contributed by atoms with E-state index in [1.807, 2.05) is 38.1 Å². The summed E-state index contributed by atoms with van der Waals surface area (Å²) in [5.74, 6) is 1.66. The molecule has 1 aliphatic rings. The summed E-state index contributed by atoms with van der Waals surface area (Å²) in [6.45, 7) is 4.23. The van der Waals surface area contributed by atoms with Crippen molar-refractivity contribution in [1.29, 1.82) is 0 Å². The Morgan fingerprint density at radius 1 is 1.18 bits per heavy atom. The second-order valence-electron chi connectivity index (χ2n) is 7.68. The van der Waals surface area contributed by atoms with Gasteiger partial charge in [0, 0.05) is 28.2 Å². The van der Waals surface area contributed by atoms with Crippen LogP contribution in [0.2, 0.25) is 0 Å². The summed E-state index contributed by atoms with van der Waals surface area (Å²) in [5.41, 5.74) is 1.64. The average molecular weight is 481 g/mol. The van der Waals surface area contributed by atoms with Crippen molar-refractivity contribution < 1.29 is 14.3 Å². The molecule has 3 heterocycles. The Bertz CT molecular complexity index is 1410. The van der Waals surface area contributed by atoms with E-state index < -0.39 is 0 Å². The van der Waals surface area contributed by atoms with E-state index in [9.17, 15) is 9.59 Å². The maximum absolute atomic E-state index is 12.8. The zero-order valence-corrected chi connectivity index (χ0v) is 19.5. The third-order valence-corrected chi connectivity index (χ3v) is 7.27. The van der Waals surface area contributed by atoms with E-state index in [4.69, 9.17) is 9.47 Å². The van der Waals surface area contributed by atoms with Crippen LogP contribution in [0.5, 0.6) is 11.5 Å². The molecule has 1 N–H and O–H groups in total. The first-order valence-corrected chi connectivity index (χ1v) is 12.1. The highest BCUT2D eigenvalue weighted by Crippen LogP contribution is 2.34. The van der Waals surface area contributed by atoms with Gasteiger partial charge in [-0.3, -0.25) is 9.59 Å². The zero-order valence-electron chi connectivity index (χ0n) is 17.9. The molecule has 0 radical (unpaired) electrons. The van der Waals surface area contributed by atoms with Crippen molar-refractivity contribution in [1.82, 2.24) is 14.6 Å². The standard InChI is InChI=1S/C23H20N4O4S2/c1-13(2)22-26-27-20(28)10-15(24-23(27)33-22)11-32-19-6-4-3-5-16(19)25-21(29)14-7-8-17-18(9-14)31-12-30-17/h3-10,13H,11-12H2,1-2H3,(H,25,29). The van der Waals surface area contributed by atoms with Gasteiger partial charge in [-0.1, -0.05) is 37.3 Å². The Hall–Kier alpha value is -3.37. The number of thioether (sulfide) groups is 1. The van der Waals surface area contributed by atoms with Crippen LogP contribution in [0.3, 0.4) is 0 Å². The van der Waals surface area contributed by atoms with Gasteiger partial charge >= 0.3 is 0 Å². The number of carbonyl (C=O) groups excluding carboxylic acids is 1. The van der Waals surface area contributed by atoms with Crippen LogP contribution in [0.25, 0.3) is 4.96 Å². The number of amides is 1. The lowest BCUT2D eigenvalue weighted by molar-refractivity contribution is 0.102. The second kappa shape index (κ2) is 8.87. The van der Waals surface area contributed by atoms with Crippen LogP contribution in [0.1, 0.15) is 40.8 Å². The van der Waals surface area contributed by atoms with Crippen molar-refractivity contribution in [2.45, 2.75) is 30.4 Å². The summed E-state index contributed by atoms with van der Waals surface area (Å²) in [6.07, 6.45) is 0. The Morgan fingerprint density at radius 3 is 2.85 bits per heavy atom.